The molecule has 0 saturated carbocycles. The lowest BCUT2D eigenvalue weighted by Crippen LogP contribution is -2.31. The topological polar surface area (TPSA) is 99.0 Å². The number of rotatable bonds is 7. The summed E-state index contributed by atoms with van der Waals surface area (Å²) in [4.78, 5) is 33.6. The van der Waals surface area contributed by atoms with Crippen molar-refractivity contribution in [3.63, 3.8) is 0 Å². The van der Waals surface area contributed by atoms with Crippen LogP contribution in [0.3, 0.4) is 0 Å². The van der Waals surface area contributed by atoms with Gasteiger partial charge in [-0.15, -0.1) is 11.3 Å². The SMILES string of the molecule is CC(C)n1nccc1NC(=O)[C@@H](C)OC(=O)CSc1ncnc2sccc12. The molecule has 0 spiro atoms. The Bertz CT molecular complexity index is 953. The van der Waals surface area contributed by atoms with Gasteiger partial charge in [-0.05, 0) is 32.2 Å². The number of nitrogens with one attached hydrogen (secondary N) is 1. The molecule has 3 aromatic rings. The number of anilines is 1. The Morgan fingerprint density at radius 3 is 2.89 bits per heavy atom. The van der Waals surface area contributed by atoms with Crippen LogP contribution in [0.1, 0.15) is 26.8 Å². The van der Waals surface area contributed by atoms with E-state index in [0.717, 1.165) is 15.2 Å². The molecular weight excluding hydrogens is 386 g/mol. The van der Waals surface area contributed by atoms with Crippen molar-refractivity contribution in [1.29, 1.82) is 0 Å². The molecule has 0 fully saturated rings. The van der Waals surface area contributed by atoms with Gasteiger partial charge in [-0.3, -0.25) is 9.59 Å². The third-order valence-electron chi connectivity index (χ3n) is 3.64. The summed E-state index contributed by atoms with van der Waals surface area (Å²) in [6.07, 6.45) is 2.16. The summed E-state index contributed by atoms with van der Waals surface area (Å²) >= 11 is 2.78. The Morgan fingerprint density at radius 2 is 2.11 bits per heavy atom. The summed E-state index contributed by atoms with van der Waals surface area (Å²) in [6.45, 7) is 5.46. The van der Waals surface area contributed by atoms with E-state index in [0.29, 0.717) is 5.82 Å². The first-order valence-electron chi connectivity index (χ1n) is 8.30. The minimum atomic E-state index is -0.917. The van der Waals surface area contributed by atoms with E-state index in [2.05, 4.69) is 20.4 Å². The van der Waals surface area contributed by atoms with Gasteiger partial charge in [-0.25, -0.2) is 14.6 Å². The minimum Gasteiger partial charge on any atom is -0.452 e. The van der Waals surface area contributed by atoms with Gasteiger partial charge in [0, 0.05) is 17.5 Å². The average molecular weight is 406 g/mol. The minimum absolute atomic E-state index is 0.0590. The van der Waals surface area contributed by atoms with Crippen molar-refractivity contribution in [1.82, 2.24) is 19.7 Å². The molecule has 27 heavy (non-hydrogen) atoms. The third-order valence-corrected chi connectivity index (χ3v) is 5.44. The highest BCUT2D eigenvalue weighted by Crippen LogP contribution is 2.27. The molecule has 3 rings (SSSR count). The molecule has 0 aliphatic rings. The predicted molar refractivity (Wildman–Crippen MR) is 105 cm³/mol. The van der Waals surface area contributed by atoms with E-state index >= 15 is 0 Å². The fraction of sp³-hybridized carbons (Fsp3) is 0.353. The fourth-order valence-electron chi connectivity index (χ4n) is 2.35. The van der Waals surface area contributed by atoms with Crippen LogP contribution in [0, 0.1) is 0 Å². The largest absolute Gasteiger partial charge is 0.452 e. The highest BCUT2D eigenvalue weighted by atomic mass is 32.2. The molecule has 10 heteroatoms. The lowest BCUT2D eigenvalue weighted by molar-refractivity contribution is -0.150. The van der Waals surface area contributed by atoms with Crippen LogP contribution >= 0.6 is 23.1 Å². The Kier molecular flexibility index (Phi) is 6.07. The first kappa shape index (κ1) is 19.3. The van der Waals surface area contributed by atoms with Gasteiger partial charge in [-0.1, -0.05) is 11.8 Å². The van der Waals surface area contributed by atoms with Gasteiger partial charge in [0.05, 0.1) is 11.9 Å². The first-order chi connectivity index (χ1) is 13.0. The molecule has 1 N–H and O–H groups in total. The molecule has 0 aromatic carbocycles. The number of hydrogen-bond acceptors (Lipinski definition) is 8. The molecule has 0 radical (unpaired) electrons. The van der Waals surface area contributed by atoms with Crippen LogP contribution in [-0.2, 0) is 14.3 Å². The van der Waals surface area contributed by atoms with Gasteiger partial charge in [0.1, 0.15) is 22.0 Å². The molecule has 0 saturated heterocycles. The zero-order chi connectivity index (χ0) is 19.4. The smallest absolute Gasteiger partial charge is 0.317 e. The Labute approximate surface area is 164 Å². The predicted octanol–water partition coefficient (Wildman–Crippen LogP) is 3.13. The van der Waals surface area contributed by atoms with Gasteiger partial charge in [-0.2, -0.15) is 5.10 Å². The number of fused-ring (bicyclic) bond motifs is 1. The van der Waals surface area contributed by atoms with Crippen molar-refractivity contribution in [3.8, 4) is 0 Å². The molecule has 1 amide bonds. The Morgan fingerprint density at radius 1 is 1.30 bits per heavy atom. The maximum Gasteiger partial charge on any atom is 0.317 e. The maximum atomic E-state index is 12.3. The number of hydrogen-bond donors (Lipinski definition) is 1. The Balaban J connectivity index is 1.53. The fourth-order valence-corrected chi connectivity index (χ4v) is 3.91. The maximum absolute atomic E-state index is 12.3. The van der Waals surface area contributed by atoms with Crippen LogP contribution in [0.2, 0.25) is 0 Å². The molecule has 0 aliphatic heterocycles. The second-order valence-electron chi connectivity index (χ2n) is 5.98. The lowest BCUT2D eigenvalue weighted by atomic mass is 10.3. The zero-order valence-electron chi connectivity index (χ0n) is 15.1. The molecule has 8 nitrogen and oxygen atoms in total. The van der Waals surface area contributed by atoms with Crippen LogP contribution in [0.4, 0.5) is 5.82 Å². The standard InChI is InChI=1S/C17H19N5O3S2/c1-10(2)22-13(4-6-20-22)21-15(24)11(3)25-14(23)8-27-17-12-5-7-26-16(12)18-9-19-17/h4-7,9-11H,8H2,1-3H3,(H,21,24)/t11-/m1/s1. The molecule has 0 aliphatic carbocycles. The van der Waals surface area contributed by atoms with Crippen LogP contribution in [0.5, 0.6) is 0 Å². The van der Waals surface area contributed by atoms with Crippen molar-refractivity contribution in [2.75, 3.05) is 11.1 Å². The number of ether oxygens (including phenoxy) is 1. The van der Waals surface area contributed by atoms with Gasteiger partial charge >= 0.3 is 5.97 Å². The van der Waals surface area contributed by atoms with Crippen molar-refractivity contribution in [2.45, 2.75) is 37.9 Å². The lowest BCUT2D eigenvalue weighted by Gasteiger charge is -2.15. The highest BCUT2D eigenvalue weighted by molar-refractivity contribution is 8.00. The summed E-state index contributed by atoms with van der Waals surface area (Å²) in [5, 5.41) is 10.4. The molecule has 1 atom stereocenters. The van der Waals surface area contributed by atoms with E-state index < -0.39 is 18.0 Å². The van der Waals surface area contributed by atoms with E-state index in [1.165, 1.54) is 36.3 Å². The summed E-state index contributed by atoms with van der Waals surface area (Å²) in [5.74, 6) is -0.267. The summed E-state index contributed by atoms with van der Waals surface area (Å²) in [7, 11) is 0. The van der Waals surface area contributed by atoms with Crippen molar-refractivity contribution >= 4 is 51.0 Å². The number of carbonyl (C=O) groups excluding carboxylic acids is 2. The zero-order valence-corrected chi connectivity index (χ0v) is 16.7. The quantitative estimate of drug-likeness (QED) is 0.366. The van der Waals surface area contributed by atoms with E-state index in [4.69, 9.17) is 4.74 Å². The van der Waals surface area contributed by atoms with Crippen LogP contribution in [-0.4, -0.2) is 43.5 Å². The normalized spacial score (nSPS) is 12.3. The van der Waals surface area contributed by atoms with Gasteiger partial charge in [0.15, 0.2) is 6.10 Å². The van der Waals surface area contributed by atoms with Crippen molar-refractivity contribution < 1.29 is 14.3 Å². The average Bonchev–Trinajstić information content (AvgIpc) is 3.28. The first-order valence-corrected chi connectivity index (χ1v) is 10.2. The van der Waals surface area contributed by atoms with Gasteiger partial charge in [0.2, 0.25) is 0 Å². The van der Waals surface area contributed by atoms with Gasteiger partial charge < -0.3 is 10.1 Å². The second kappa shape index (κ2) is 8.49. The Hall–Kier alpha value is -2.46. The molecule has 0 bridgehead atoms. The molecular formula is C17H19N5O3S2. The van der Waals surface area contributed by atoms with Crippen molar-refractivity contribution in [2.24, 2.45) is 0 Å². The molecule has 142 valence electrons. The van der Waals surface area contributed by atoms with E-state index in [-0.39, 0.29) is 11.8 Å². The summed E-state index contributed by atoms with van der Waals surface area (Å²) in [5.41, 5.74) is 0. The van der Waals surface area contributed by atoms with E-state index in [1.807, 2.05) is 25.3 Å². The summed E-state index contributed by atoms with van der Waals surface area (Å²) in [6, 6.07) is 3.72. The second-order valence-corrected chi connectivity index (χ2v) is 7.84. The molecule has 3 aromatic heterocycles. The van der Waals surface area contributed by atoms with Crippen LogP contribution in [0.25, 0.3) is 10.2 Å². The number of amides is 1. The number of thioether (sulfide) groups is 1. The van der Waals surface area contributed by atoms with Crippen LogP contribution in [0.15, 0.2) is 35.1 Å². The number of aromatic nitrogens is 4. The summed E-state index contributed by atoms with van der Waals surface area (Å²) < 4.78 is 6.92. The number of carbonyl (C=O) groups is 2. The molecule has 3 heterocycles. The highest BCUT2D eigenvalue weighted by Gasteiger charge is 2.20. The van der Waals surface area contributed by atoms with E-state index in [1.54, 1.807) is 16.9 Å². The molecule has 0 unspecified atom stereocenters. The third kappa shape index (κ3) is 4.64. The monoisotopic (exact) mass is 405 g/mol. The van der Waals surface area contributed by atoms with Gasteiger partial charge in [0.25, 0.3) is 5.91 Å². The van der Waals surface area contributed by atoms with E-state index in [9.17, 15) is 9.59 Å². The number of esters is 1. The van der Waals surface area contributed by atoms with Crippen LogP contribution < -0.4 is 5.32 Å². The van der Waals surface area contributed by atoms with Crippen molar-refractivity contribution in [3.05, 3.63) is 30.0 Å². The number of thiophene rings is 1. The number of nitrogens with zero attached hydrogens (tertiary/aromatic N) is 4.